The zero-order valence-corrected chi connectivity index (χ0v) is 19.8. The van der Waals surface area contributed by atoms with Gasteiger partial charge in [0, 0.05) is 37.8 Å². The number of nitro benzene ring substituents is 1. The second-order valence-electron chi connectivity index (χ2n) is 9.06. The fraction of sp³-hybridized carbons (Fsp3) is 0.458. The Hall–Kier alpha value is -3.33. The summed E-state index contributed by atoms with van der Waals surface area (Å²) < 4.78 is 11.6. The highest BCUT2D eigenvalue weighted by Gasteiger charge is 2.36. The number of nitro groups is 1. The predicted octanol–water partition coefficient (Wildman–Crippen LogP) is 4.34. The largest absolute Gasteiger partial charge is 0.457 e. The van der Waals surface area contributed by atoms with Gasteiger partial charge >= 0.3 is 6.09 Å². The van der Waals surface area contributed by atoms with E-state index in [2.05, 4.69) is 5.32 Å². The van der Waals surface area contributed by atoms with E-state index in [9.17, 15) is 14.9 Å². The number of nitrogens with one attached hydrogen (secondary N) is 1. The molecule has 0 spiro atoms. The number of benzene rings is 2. The Morgan fingerprint density at radius 3 is 2.48 bits per heavy atom. The number of ether oxygens (including phenoxy) is 2. The summed E-state index contributed by atoms with van der Waals surface area (Å²) in [4.78, 5) is 27.9. The molecule has 0 aliphatic carbocycles. The van der Waals surface area contributed by atoms with Crippen LogP contribution in [-0.2, 0) is 4.74 Å². The van der Waals surface area contributed by atoms with Gasteiger partial charge in [-0.05, 0) is 52.9 Å². The zero-order chi connectivity index (χ0) is 24.2. The Labute approximate surface area is 194 Å². The zero-order valence-electron chi connectivity index (χ0n) is 19.8. The van der Waals surface area contributed by atoms with Gasteiger partial charge in [0.05, 0.1) is 11.0 Å². The van der Waals surface area contributed by atoms with E-state index in [-0.39, 0.29) is 22.7 Å². The maximum Gasteiger partial charge on any atom is 0.410 e. The minimum Gasteiger partial charge on any atom is -0.457 e. The smallest absolute Gasteiger partial charge is 0.410 e. The van der Waals surface area contributed by atoms with Gasteiger partial charge in [0.25, 0.3) is 5.69 Å². The number of carbonyl (C=O) groups excluding carboxylic acids is 1. The van der Waals surface area contributed by atoms with Crippen LogP contribution in [0.1, 0.15) is 26.3 Å². The Kier molecular flexibility index (Phi) is 7.43. The molecule has 9 nitrogen and oxygen atoms in total. The van der Waals surface area contributed by atoms with E-state index < -0.39 is 5.60 Å². The monoisotopic (exact) mass is 456 g/mol. The van der Waals surface area contributed by atoms with Gasteiger partial charge in [-0.3, -0.25) is 10.1 Å². The van der Waals surface area contributed by atoms with Gasteiger partial charge in [-0.2, -0.15) is 0 Å². The molecule has 1 amide bonds. The average molecular weight is 457 g/mol. The van der Waals surface area contributed by atoms with E-state index in [4.69, 9.17) is 9.47 Å². The summed E-state index contributed by atoms with van der Waals surface area (Å²) >= 11 is 0. The van der Waals surface area contributed by atoms with Crippen LogP contribution >= 0.6 is 0 Å². The topological polar surface area (TPSA) is 97.2 Å². The third-order valence-electron chi connectivity index (χ3n) is 5.39. The summed E-state index contributed by atoms with van der Waals surface area (Å²) in [5.41, 5.74) is 0.610. The number of anilines is 1. The molecule has 2 aromatic rings. The number of carbonyl (C=O) groups is 1. The van der Waals surface area contributed by atoms with Gasteiger partial charge in [-0.25, -0.2) is 4.79 Å². The summed E-state index contributed by atoms with van der Waals surface area (Å²) in [6, 6.07) is 12.2. The lowest BCUT2D eigenvalue weighted by Gasteiger charge is -2.42. The molecular formula is C24H32N4O5. The quantitative estimate of drug-likeness (QED) is 0.510. The molecule has 33 heavy (non-hydrogen) atoms. The number of nitrogens with zero attached hydrogens (tertiary/aromatic N) is 3. The molecule has 1 fully saturated rings. The maximum atomic E-state index is 12.8. The molecular weight excluding hydrogens is 424 g/mol. The van der Waals surface area contributed by atoms with Gasteiger partial charge in [0.1, 0.15) is 22.8 Å². The van der Waals surface area contributed by atoms with Crippen molar-refractivity contribution in [2.75, 3.05) is 38.1 Å². The van der Waals surface area contributed by atoms with Crippen LogP contribution < -0.4 is 15.0 Å². The molecule has 9 heteroatoms. The van der Waals surface area contributed by atoms with Crippen molar-refractivity contribution in [3.8, 4) is 11.5 Å². The predicted molar refractivity (Wildman–Crippen MR) is 127 cm³/mol. The van der Waals surface area contributed by atoms with Crippen LogP contribution in [0.15, 0.2) is 42.5 Å². The number of piperazine rings is 1. The summed E-state index contributed by atoms with van der Waals surface area (Å²) in [7, 11) is 1.81. The van der Waals surface area contributed by atoms with Crippen molar-refractivity contribution in [2.24, 2.45) is 0 Å². The summed E-state index contributed by atoms with van der Waals surface area (Å²) in [6.07, 6.45) is -0.380. The minimum atomic E-state index is -0.600. The molecule has 0 aromatic heterocycles. The van der Waals surface area contributed by atoms with E-state index >= 15 is 0 Å². The molecule has 1 aliphatic rings. The highest BCUT2D eigenvalue weighted by molar-refractivity contribution is 5.73. The number of para-hydroxylation sites is 1. The van der Waals surface area contributed by atoms with Crippen LogP contribution in [0.3, 0.4) is 0 Å². The standard InChI is InChI=1S/C24H32N4O5/c1-17-21(32-19-9-7-6-8-10-19)12-11-20(28(30)31)22(17)26-13-14-27(18(16-26)15-25-5)23(29)33-24(2,3)4/h6-12,18,25H,13-16H2,1-5H3/t18-/m0/s1. The van der Waals surface area contributed by atoms with Crippen LogP contribution in [0.25, 0.3) is 0 Å². The van der Waals surface area contributed by atoms with Crippen molar-refractivity contribution in [1.29, 1.82) is 0 Å². The van der Waals surface area contributed by atoms with E-state index in [0.29, 0.717) is 48.9 Å². The first-order valence-electron chi connectivity index (χ1n) is 11.0. The number of hydrogen-bond donors (Lipinski definition) is 1. The third kappa shape index (κ3) is 5.92. The van der Waals surface area contributed by atoms with Crippen molar-refractivity contribution in [3.05, 3.63) is 58.1 Å². The first-order chi connectivity index (χ1) is 15.6. The molecule has 1 N–H and O–H groups in total. The molecule has 1 aliphatic heterocycles. The lowest BCUT2D eigenvalue weighted by atomic mass is 10.1. The fourth-order valence-electron chi connectivity index (χ4n) is 3.97. The van der Waals surface area contributed by atoms with E-state index in [1.54, 1.807) is 11.0 Å². The fourth-order valence-corrected chi connectivity index (χ4v) is 3.97. The van der Waals surface area contributed by atoms with Crippen LogP contribution in [0, 0.1) is 17.0 Å². The molecule has 0 unspecified atom stereocenters. The Balaban J connectivity index is 1.92. The lowest BCUT2D eigenvalue weighted by molar-refractivity contribution is -0.384. The first kappa shape index (κ1) is 24.3. The molecule has 0 bridgehead atoms. The normalized spacial score (nSPS) is 16.5. The third-order valence-corrected chi connectivity index (χ3v) is 5.39. The van der Waals surface area contributed by atoms with E-state index in [0.717, 1.165) is 0 Å². The molecule has 3 rings (SSSR count). The van der Waals surface area contributed by atoms with Crippen LogP contribution in [0.4, 0.5) is 16.2 Å². The van der Waals surface area contributed by atoms with Gasteiger partial charge < -0.3 is 24.6 Å². The average Bonchev–Trinajstić information content (AvgIpc) is 2.74. The van der Waals surface area contributed by atoms with Crippen LogP contribution in [-0.4, -0.2) is 60.8 Å². The Morgan fingerprint density at radius 1 is 1.18 bits per heavy atom. The molecule has 1 atom stereocenters. The first-order valence-corrected chi connectivity index (χ1v) is 11.0. The van der Waals surface area contributed by atoms with Gasteiger partial charge in [0.2, 0.25) is 0 Å². The SMILES string of the molecule is CNC[C@H]1CN(c2c([N+](=O)[O-])ccc(Oc3ccccc3)c2C)CCN1C(=O)OC(C)(C)C. The summed E-state index contributed by atoms with van der Waals surface area (Å²) in [6.45, 7) is 9.11. The molecule has 1 heterocycles. The molecule has 178 valence electrons. The van der Waals surface area contributed by atoms with Gasteiger partial charge in [-0.1, -0.05) is 18.2 Å². The van der Waals surface area contributed by atoms with Gasteiger partial charge in [0.15, 0.2) is 0 Å². The lowest BCUT2D eigenvalue weighted by Crippen LogP contribution is -2.59. The molecule has 0 saturated carbocycles. The van der Waals surface area contributed by atoms with Crippen molar-refractivity contribution < 1.29 is 19.2 Å². The van der Waals surface area contributed by atoms with E-state index in [1.165, 1.54) is 6.07 Å². The van der Waals surface area contributed by atoms with Crippen molar-refractivity contribution in [3.63, 3.8) is 0 Å². The highest BCUT2D eigenvalue weighted by Crippen LogP contribution is 2.40. The molecule has 2 aromatic carbocycles. The molecule has 1 saturated heterocycles. The summed E-state index contributed by atoms with van der Waals surface area (Å²) in [5.74, 6) is 1.21. The van der Waals surface area contributed by atoms with E-state index in [1.807, 2.05) is 70.0 Å². The van der Waals surface area contributed by atoms with Crippen LogP contribution in [0.5, 0.6) is 11.5 Å². The molecule has 0 radical (unpaired) electrons. The van der Waals surface area contributed by atoms with Crippen LogP contribution in [0.2, 0.25) is 0 Å². The van der Waals surface area contributed by atoms with Gasteiger partial charge in [-0.15, -0.1) is 0 Å². The number of hydrogen-bond acceptors (Lipinski definition) is 7. The second-order valence-corrected chi connectivity index (χ2v) is 9.06. The van der Waals surface area contributed by atoms with Crippen molar-refractivity contribution >= 4 is 17.5 Å². The maximum absolute atomic E-state index is 12.8. The van der Waals surface area contributed by atoms with Crippen molar-refractivity contribution in [1.82, 2.24) is 10.2 Å². The number of likely N-dealkylation sites (N-methyl/N-ethyl adjacent to an activating group) is 1. The second kappa shape index (κ2) is 10.1. The number of rotatable bonds is 6. The number of amides is 1. The summed E-state index contributed by atoms with van der Waals surface area (Å²) in [5, 5.41) is 15.0. The Bertz CT molecular complexity index is 990. The Morgan fingerprint density at radius 2 is 1.88 bits per heavy atom. The highest BCUT2D eigenvalue weighted by atomic mass is 16.6. The van der Waals surface area contributed by atoms with Crippen molar-refractivity contribution in [2.45, 2.75) is 39.3 Å². The minimum absolute atomic E-state index is 0.0156.